The predicted octanol–water partition coefficient (Wildman–Crippen LogP) is 3.83. The average molecular weight is 478 g/mol. The monoisotopic (exact) mass is 477 g/mol. The van der Waals surface area contributed by atoms with E-state index in [2.05, 4.69) is 58.7 Å². The van der Waals surface area contributed by atoms with E-state index in [0.29, 0.717) is 16.5 Å². The first kappa shape index (κ1) is 22.8. The fourth-order valence-corrected chi connectivity index (χ4v) is 5.77. The summed E-state index contributed by atoms with van der Waals surface area (Å²) in [5.41, 5.74) is 7.81. The lowest BCUT2D eigenvalue weighted by Gasteiger charge is -2.32. The molecule has 3 aliphatic heterocycles. The van der Waals surface area contributed by atoms with Crippen LogP contribution in [0.2, 0.25) is 0 Å². The topological polar surface area (TPSA) is 71.7 Å². The maximum Gasteiger partial charge on any atom is 0.256 e. The van der Waals surface area contributed by atoms with Gasteiger partial charge in [0.1, 0.15) is 0 Å². The minimum absolute atomic E-state index is 0.0605. The van der Waals surface area contributed by atoms with Crippen molar-refractivity contribution < 1.29 is 9.59 Å². The molecule has 1 saturated heterocycles. The van der Waals surface area contributed by atoms with Crippen LogP contribution < -0.4 is 5.32 Å². The molecule has 8 heteroatoms. The Hall–Kier alpha value is -2.97. The van der Waals surface area contributed by atoms with Crippen molar-refractivity contribution in [3.05, 3.63) is 57.2 Å². The Morgan fingerprint density at radius 2 is 1.88 bits per heavy atom. The zero-order valence-electron chi connectivity index (χ0n) is 20.4. The third-order valence-electron chi connectivity index (χ3n) is 7.17. The number of benzene rings is 1. The van der Waals surface area contributed by atoms with Crippen molar-refractivity contribution in [1.82, 2.24) is 19.7 Å². The number of aromatic amines is 1. The second-order valence-electron chi connectivity index (χ2n) is 9.38. The molecule has 2 aromatic rings. The highest BCUT2D eigenvalue weighted by atomic mass is 32.2. The number of anilines is 1. The van der Waals surface area contributed by atoms with Crippen molar-refractivity contribution in [2.45, 2.75) is 26.1 Å². The molecule has 2 N–H and O–H groups in total. The Balaban J connectivity index is 1.48. The van der Waals surface area contributed by atoms with Gasteiger partial charge in [0.25, 0.3) is 11.8 Å². The number of piperazine rings is 1. The largest absolute Gasteiger partial charge is 0.362 e. The lowest BCUT2D eigenvalue weighted by Crippen LogP contribution is -2.47. The molecule has 3 aliphatic rings. The molecule has 178 valence electrons. The summed E-state index contributed by atoms with van der Waals surface area (Å²) < 4.78 is 0. The summed E-state index contributed by atoms with van der Waals surface area (Å²) in [6.45, 7) is 9.29. The number of hydrogen-bond acceptors (Lipinski definition) is 5. The maximum atomic E-state index is 13.3. The van der Waals surface area contributed by atoms with Gasteiger partial charge in [-0.2, -0.15) is 0 Å². The van der Waals surface area contributed by atoms with Gasteiger partial charge in [-0.05, 0) is 62.6 Å². The molecule has 34 heavy (non-hydrogen) atoms. The lowest BCUT2D eigenvalue weighted by atomic mass is 10.0. The van der Waals surface area contributed by atoms with E-state index in [1.807, 2.05) is 30.9 Å². The summed E-state index contributed by atoms with van der Waals surface area (Å²) in [6.07, 6.45) is 1.89. The van der Waals surface area contributed by atoms with Crippen LogP contribution in [0.15, 0.2) is 23.6 Å². The molecule has 5 rings (SSSR count). The standard InChI is InChI=1S/C26H31N5O2S/c1-15-22(27-16(2)24(15)26(33)31-10-8-29(4)9-11-31)13-20-19-12-18(6-7-21(19)28-25(20)32)23-14-34-17(3)30(23)5/h6-7,12-14,17,27H,8-11H2,1-5H3,(H,28,32)/b20-13-. The van der Waals surface area contributed by atoms with E-state index in [1.165, 1.54) is 0 Å². The first-order valence-electron chi connectivity index (χ1n) is 11.7. The molecule has 2 amide bonds. The molecular formula is C26H31N5O2S. The average Bonchev–Trinajstić information content (AvgIpc) is 3.41. The summed E-state index contributed by atoms with van der Waals surface area (Å²) in [5.74, 6) is -0.0624. The highest BCUT2D eigenvalue weighted by Gasteiger charge is 2.29. The summed E-state index contributed by atoms with van der Waals surface area (Å²) in [5, 5.41) is 5.55. The van der Waals surface area contributed by atoms with Crippen molar-refractivity contribution in [3.63, 3.8) is 0 Å². The molecule has 1 aromatic heterocycles. The second kappa shape index (κ2) is 8.67. The molecule has 0 aliphatic carbocycles. The number of nitrogens with zero attached hydrogens (tertiary/aromatic N) is 3. The number of H-pyrrole nitrogens is 1. The van der Waals surface area contributed by atoms with Crippen LogP contribution in [0.25, 0.3) is 17.3 Å². The van der Waals surface area contributed by atoms with Crippen LogP contribution in [-0.4, -0.2) is 77.1 Å². The van der Waals surface area contributed by atoms with Gasteiger partial charge in [-0.1, -0.05) is 6.07 Å². The van der Waals surface area contributed by atoms with Crippen LogP contribution in [0.1, 0.15) is 45.4 Å². The van der Waals surface area contributed by atoms with E-state index in [9.17, 15) is 9.59 Å². The molecular weight excluding hydrogens is 446 g/mol. The number of likely N-dealkylation sites (N-methyl/N-ethyl adjacent to an activating group) is 1. The van der Waals surface area contributed by atoms with E-state index in [-0.39, 0.29) is 11.8 Å². The van der Waals surface area contributed by atoms with Crippen LogP contribution in [0, 0.1) is 13.8 Å². The van der Waals surface area contributed by atoms with Gasteiger partial charge in [0.2, 0.25) is 0 Å². The third-order valence-corrected chi connectivity index (χ3v) is 8.24. The number of aromatic nitrogens is 1. The first-order chi connectivity index (χ1) is 16.2. The van der Waals surface area contributed by atoms with E-state index >= 15 is 0 Å². The smallest absolute Gasteiger partial charge is 0.256 e. The Labute approximate surface area is 204 Å². The van der Waals surface area contributed by atoms with Crippen molar-refractivity contribution in [2.75, 3.05) is 45.6 Å². The van der Waals surface area contributed by atoms with Crippen molar-refractivity contribution in [2.24, 2.45) is 0 Å². The zero-order chi connectivity index (χ0) is 24.1. The van der Waals surface area contributed by atoms with Crippen molar-refractivity contribution >= 4 is 46.6 Å². The molecule has 0 saturated carbocycles. The lowest BCUT2D eigenvalue weighted by molar-refractivity contribution is -0.110. The Bertz CT molecular complexity index is 1240. The first-order valence-corrected chi connectivity index (χ1v) is 12.6. The number of aryl methyl sites for hydroxylation is 1. The van der Waals surface area contributed by atoms with Crippen LogP contribution in [0.3, 0.4) is 0 Å². The van der Waals surface area contributed by atoms with Gasteiger partial charge < -0.3 is 25.0 Å². The zero-order valence-corrected chi connectivity index (χ0v) is 21.2. The van der Waals surface area contributed by atoms with Gasteiger partial charge in [0.05, 0.1) is 22.2 Å². The number of hydrogen-bond donors (Lipinski definition) is 2. The summed E-state index contributed by atoms with van der Waals surface area (Å²) in [6, 6.07) is 6.11. The number of carbonyl (C=O) groups excluding carboxylic acids is 2. The number of fused-ring (bicyclic) bond motifs is 1. The molecule has 0 radical (unpaired) electrons. The number of nitrogens with one attached hydrogen (secondary N) is 2. The summed E-state index contributed by atoms with van der Waals surface area (Å²) >= 11 is 1.79. The summed E-state index contributed by atoms with van der Waals surface area (Å²) in [7, 11) is 4.17. The van der Waals surface area contributed by atoms with Crippen molar-refractivity contribution in [3.8, 4) is 0 Å². The highest BCUT2D eigenvalue weighted by Crippen LogP contribution is 2.40. The predicted molar refractivity (Wildman–Crippen MR) is 139 cm³/mol. The van der Waals surface area contributed by atoms with Gasteiger partial charge in [-0.25, -0.2) is 0 Å². The molecule has 1 unspecified atom stereocenters. The van der Waals surface area contributed by atoms with Crippen LogP contribution >= 0.6 is 11.8 Å². The van der Waals surface area contributed by atoms with Crippen molar-refractivity contribution in [1.29, 1.82) is 0 Å². The fraction of sp³-hybridized carbons (Fsp3) is 0.385. The van der Waals surface area contributed by atoms with E-state index in [1.54, 1.807) is 11.8 Å². The number of carbonyl (C=O) groups is 2. The van der Waals surface area contributed by atoms with Gasteiger partial charge >= 0.3 is 0 Å². The molecule has 0 spiro atoms. The number of rotatable bonds is 3. The molecule has 0 bridgehead atoms. The molecule has 7 nitrogen and oxygen atoms in total. The number of amides is 2. The summed E-state index contributed by atoms with van der Waals surface area (Å²) in [4.78, 5) is 36.0. The van der Waals surface area contributed by atoms with Gasteiger partial charge in [-0.3, -0.25) is 9.59 Å². The quantitative estimate of drug-likeness (QED) is 0.658. The van der Waals surface area contributed by atoms with Crippen LogP contribution in [0.4, 0.5) is 5.69 Å². The van der Waals surface area contributed by atoms with Crippen LogP contribution in [0.5, 0.6) is 0 Å². The normalized spacial score (nSPS) is 21.8. The molecule has 1 fully saturated rings. The fourth-order valence-electron chi connectivity index (χ4n) is 4.85. The minimum atomic E-state index is -0.123. The molecule has 1 atom stereocenters. The van der Waals surface area contributed by atoms with E-state index in [4.69, 9.17) is 0 Å². The van der Waals surface area contributed by atoms with Gasteiger partial charge in [-0.15, -0.1) is 11.8 Å². The Morgan fingerprint density at radius 3 is 2.56 bits per heavy atom. The molecule has 1 aromatic carbocycles. The molecule has 4 heterocycles. The minimum Gasteiger partial charge on any atom is -0.362 e. The maximum absolute atomic E-state index is 13.3. The van der Waals surface area contributed by atoms with E-state index in [0.717, 1.165) is 65.6 Å². The number of thioether (sulfide) groups is 1. The highest BCUT2D eigenvalue weighted by molar-refractivity contribution is 8.03. The van der Waals surface area contributed by atoms with Crippen LogP contribution in [-0.2, 0) is 4.79 Å². The second-order valence-corrected chi connectivity index (χ2v) is 10.6. The SMILES string of the molecule is Cc1[nH]c(/C=C2\C(=O)Nc3ccc(C4=CSC(C)N4C)cc32)c(C)c1C(=O)N1CCN(C)CC1. The Morgan fingerprint density at radius 1 is 1.15 bits per heavy atom. The van der Waals surface area contributed by atoms with Gasteiger partial charge in [0, 0.05) is 55.9 Å². The Kier molecular flexibility index (Phi) is 5.81. The third kappa shape index (κ3) is 3.84. The van der Waals surface area contributed by atoms with E-state index < -0.39 is 0 Å². The van der Waals surface area contributed by atoms with Gasteiger partial charge in [0.15, 0.2) is 0 Å².